The summed E-state index contributed by atoms with van der Waals surface area (Å²) in [4.78, 5) is 27.8. The van der Waals surface area contributed by atoms with Gasteiger partial charge in [0.15, 0.2) is 0 Å². The summed E-state index contributed by atoms with van der Waals surface area (Å²) >= 11 is 0. The number of nitrogens with zero attached hydrogens (tertiary/aromatic N) is 1. The minimum Gasteiger partial charge on any atom is -0.494 e. The van der Waals surface area contributed by atoms with Crippen molar-refractivity contribution >= 4 is 23.1 Å². The molecular weight excluding hydrogens is 404 g/mol. The first-order valence-electron chi connectivity index (χ1n) is 11.2. The molecule has 0 aliphatic carbocycles. The minimum absolute atomic E-state index is 0.0516. The molecule has 3 rings (SSSR count). The maximum absolute atomic E-state index is 13.3. The summed E-state index contributed by atoms with van der Waals surface area (Å²) in [5.74, 6) is 0.986. The molecule has 6 heteroatoms. The summed E-state index contributed by atoms with van der Waals surface area (Å²) in [6, 6.07) is 14.7. The quantitative estimate of drug-likeness (QED) is 0.524. The number of anilines is 1. The van der Waals surface area contributed by atoms with Crippen LogP contribution < -0.4 is 14.8 Å². The van der Waals surface area contributed by atoms with E-state index in [9.17, 15) is 9.59 Å². The predicted octanol–water partition coefficient (Wildman–Crippen LogP) is 5.11. The second kappa shape index (κ2) is 10.4. The number of carbonyl (C=O) groups is 2. The van der Waals surface area contributed by atoms with E-state index in [1.165, 1.54) is 4.90 Å². The van der Waals surface area contributed by atoms with Gasteiger partial charge in [-0.1, -0.05) is 39.0 Å². The van der Waals surface area contributed by atoms with Gasteiger partial charge in [0.05, 0.1) is 18.3 Å². The molecule has 0 radical (unpaired) electrons. The van der Waals surface area contributed by atoms with E-state index < -0.39 is 0 Å². The van der Waals surface area contributed by atoms with E-state index in [0.717, 1.165) is 12.2 Å². The fourth-order valence-corrected chi connectivity index (χ4v) is 3.49. The lowest BCUT2D eigenvalue weighted by Gasteiger charge is -2.17. The van der Waals surface area contributed by atoms with E-state index in [2.05, 4.69) is 5.32 Å². The Morgan fingerprint density at radius 2 is 1.66 bits per heavy atom. The lowest BCUT2D eigenvalue weighted by Crippen LogP contribution is -2.35. The van der Waals surface area contributed by atoms with Gasteiger partial charge in [-0.15, -0.1) is 0 Å². The van der Waals surface area contributed by atoms with Crippen molar-refractivity contribution in [1.29, 1.82) is 0 Å². The normalized spacial score (nSPS) is 14.0. The van der Waals surface area contributed by atoms with E-state index in [0.29, 0.717) is 35.7 Å². The average molecular weight is 437 g/mol. The zero-order chi connectivity index (χ0) is 23.3. The second-order valence-corrected chi connectivity index (χ2v) is 8.56. The third-order valence-electron chi connectivity index (χ3n) is 4.81. The summed E-state index contributed by atoms with van der Waals surface area (Å²) in [6.07, 6.45) is 0.955. The van der Waals surface area contributed by atoms with Crippen molar-refractivity contribution in [2.24, 2.45) is 5.92 Å². The zero-order valence-electron chi connectivity index (χ0n) is 19.5. The lowest BCUT2D eigenvalue weighted by atomic mass is 10.0. The highest BCUT2D eigenvalue weighted by Gasteiger charge is 2.39. The highest BCUT2D eigenvalue weighted by Crippen LogP contribution is 2.32. The van der Waals surface area contributed by atoms with Crippen LogP contribution in [-0.4, -0.2) is 36.0 Å². The molecule has 0 fully saturated rings. The Labute approximate surface area is 190 Å². The molecule has 170 valence electrons. The molecule has 2 aromatic carbocycles. The summed E-state index contributed by atoms with van der Waals surface area (Å²) in [5, 5.41) is 3.19. The van der Waals surface area contributed by atoms with Crippen LogP contribution in [0, 0.1) is 5.92 Å². The first kappa shape index (κ1) is 23.4. The molecule has 0 saturated heterocycles. The Bertz CT molecular complexity index is 993. The van der Waals surface area contributed by atoms with Crippen molar-refractivity contribution in [2.75, 3.05) is 18.5 Å². The van der Waals surface area contributed by atoms with Crippen molar-refractivity contribution < 1.29 is 19.1 Å². The first-order valence-corrected chi connectivity index (χ1v) is 11.2. The van der Waals surface area contributed by atoms with Crippen LogP contribution in [0.1, 0.15) is 46.6 Å². The summed E-state index contributed by atoms with van der Waals surface area (Å²) in [6.45, 7) is 10.9. The van der Waals surface area contributed by atoms with Crippen molar-refractivity contribution in [2.45, 2.75) is 47.1 Å². The molecule has 2 amide bonds. The topological polar surface area (TPSA) is 67.9 Å². The van der Waals surface area contributed by atoms with Crippen LogP contribution in [0.25, 0.3) is 5.57 Å². The Morgan fingerprint density at radius 3 is 2.28 bits per heavy atom. The molecule has 0 unspecified atom stereocenters. The van der Waals surface area contributed by atoms with Crippen LogP contribution in [0.5, 0.6) is 11.5 Å². The van der Waals surface area contributed by atoms with Crippen LogP contribution in [0.4, 0.5) is 5.69 Å². The number of benzene rings is 2. The first-order chi connectivity index (χ1) is 15.3. The number of ether oxygens (including phenoxy) is 2. The largest absolute Gasteiger partial charge is 0.494 e. The van der Waals surface area contributed by atoms with E-state index in [4.69, 9.17) is 9.47 Å². The van der Waals surface area contributed by atoms with Crippen molar-refractivity contribution in [3.8, 4) is 11.5 Å². The van der Waals surface area contributed by atoms with Gasteiger partial charge in [0.25, 0.3) is 11.8 Å². The Morgan fingerprint density at radius 1 is 0.938 bits per heavy atom. The molecular formula is C26H32N2O4. The summed E-state index contributed by atoms with van der Waals surface area (Å²) in [5.41, 5.74) is 2.01. The number of imide groups is 1. The van der Waals surface area contributed by atoms with Crippen LogP contribution in [0.15, 0.2) is 54.2 Å². The van der Waals surface area contributed by atoms with Gasteiger partial charge < -0.3 is 14.8 Å². The molecule has 6 nitrogen and oxygen atoms in total. The van der Waals surface area contributed by atoms with Gasteiger partial charge in [-0.05, 0) is 56.0 Å². The van der Waals surface area contributed by atoms with Gasteiger partial charge in [-0.3, -0.25) is 14.5 Å². The van der Waals surface area contributed by atoms with Gasteiger partial charge in [0.2, 0.25) is 0 Å². The Kier molecular flexibility index (Phi) is 7.57. The third-order valence-corrected chi connectivity index (χ3v) is 4.81. The Hall–Kier alpha value is -3.28. The fourth-order valence-electron chi connectivity index (χ4n) is 3.49. The number of hydrogen-bond acceptors (Lipinski definition) is 5. The SMILES string of the molecule is CCCOc1cccc(NC2=C(c3ccc(OC(C)C)cc3)C(=O)N(CC(C)C)C2=O)c1. The molecule has 0 aromatic heterocycles. The van der Waals surface area contributed by atoms with Crippen LogP contribution in [0.2, 0.25) is 0 Å². The standard InChI is InChI=1S/C26H32N2O4/c1-6-14-31-22-9-7-8-20(15-22)27-24-23(25(29)28(26(24)30)16-17(2)3)19-10-12-21(13-11-19)32-18(4)5/h7-13,15,17-18,27H,6,14,16H2,1-5H3. The van der Waals surface area contributed by atoms with E-state index >= 15 is 0 Å². The van der Waals surface area contributed by atoms with Gasteiger partial charge >= 0.3 is 0 Å². The van der Waals surface area contributed by atoms with Crippen molar-refractivity contribution in [3.05, 3.63) is 59.8 Å². The number of hydrogen-bond donors (Lipinski definition) is 1. The summed E-state index contributed by atoms with van der Waals surface area (Å²) < 4.78 is 11.4. The molecule has 1 heterocycles. The zero-order valence-corrected chi connectivity index (χ0v) is 19.5. The molecule has 0 spiro atoms. The maximum Gasteiger partial charge on any atom is 0.278 e. The van der Waals surface area contributed by atoms with Crippen LogP contribution >= 0.6 is 0 Å². The number of rotatable bonds is 10. The van der Waals surface area contributed by atoms with Crippen LogP contribution in [0.3, 0.4) is 0 Å². The second-order valence-electron chi connectivity index (χ2n) is 8.56. The molecule has 0 atom stereocenters. The highest BCUT2D eigenvalue weighted by molar-refractivity contribution is 6.36. The van der Waals surface area contributed by atoms with Crippen LogP contribution in [-0.2, 0) is 9.59 Å². The van der Waals surface area contributed by atoms with Crippen molar-refractivity contribution in [1.82, 2.24) is 4.90 Å². The highest BCUT2D eigenvalue weighted by atomic mass is 16.5. The smallest absolute Gasteiger partial charge is 0.278 e. The monoisotopic (exact) mass is 436 g/mol. The molecule has 1 N–H and O–H groups in total. The van der Waals surface area contributed by atoms with E-state index in [1.54, 1.807) is 0 Å². The molecule has 32 heavy (non-hydrogen) atoms. The number of carbonyl (C=O) groups excluding carboxylic acids is 2. The molecule has 2 aromatic rings. The van der Waals surface area contributed by atoms with E-state index in [1.807, 2.05) is 83.1 Å². The minimum atomic E-state index is -0.318. The third kappa shape index (κ3) is 5.49. The molecule has 0 saturated carbocycles. The van der Waals surface area contributed by atoms with Crippen molar-refractivity contribution in [3.63, 3.8) is 0 Å². The molecule has 0 bridgehead atoms. The van der Waals surface area contributed by atoms with Gasteiger partial charge in [0, 0.05) is 18.3 Å². The predicted molar refractivity (Wildman–Crippen MR) is 127 cm³/mol. The number of amides is 2. The molecule has 1 aliphatic heterocycles. The molecule has 1 aliphatic rings. The Balaban J connectivity index is 1.97. The number of nitrogens with one attached hydrogen (secondary N) is 1. The van der Waals surface area contributed by atoms with E-state index in [-0.39, 0.29) is 29.5 Å². The maximum atomic E-state index is 13.3. The van der Waals surface area contributed by atoms with Gasteiger partial charge in [0.1, 0.15) is 17.2 Å². The fraction of sp³-hybridized carbons (Fsp3) is 0.385. The van der Waals surface area contributed by atoms with Gasteiger partial charge in [-0.2, -0.15) is 0 Å². The summed E-state index contributed by atoms with van der Waals surface area (Å²) in [7, 11) is 0. The lowest BCUT2D eigenvalue weighted by molar-refractivity contribution is -0.137. The average Bonchev–Trinajstić information content (AvgIpc) is 2.97. The van der Waals surface area contributed by atoms with Gasteiger partial charge in [-0.25, -0.2) is 0 Å².